The molecule has 1 fully saturated rings. The second-order valence-corrected chi connectivity index (χ2v) is 6.18. The molecule has 1 aliphatic carbocycles. The van der Waals surface area contributed by atoms with Gasteiger partial charge < -0.3 is 5.73 Å². The Hall–Kier alpha value is -1.91. The van der Waals surface area contributed by atoms with Crippen molar-refractivity contribution < 1.29 is 0 Å². The van der Waals surface area contributed by atoms with Crippen molar-refractivity contribution in [1.29, 1.82) is 0 Å². The Bertz CT molecular complexity index is 613. The quantitative estimate of drug-likeness (QED) is 0.878. The van der Waals surface area contributed by atoms with E-state index in [-0.39, 0.29) is 0 Å². The van der Waals surface area contributed by atoms with Gasteiger partial charge >= 0.3 is 0 Å². The summed E-state index contributed by atoms with van der Waals surface area (Å²) in [6.07, 6.45) is 6.53. The Morgan fingerprint density at radius 1 is 1.24 bits per heavy atom. The lowest BCUT2D eigenvalue weighted by molar-refractivity contribution is 0.249. The van der Waals surface area contributed by atoms with E-state index >= 15 is 0 Å². The normalized spacial score (nSPS) is 17.8. The summed E-state index contributed by atoms with van der Waals surface area (Å²) in [6.45, 7) is 4.28. The van der Waals surface area contributed by atoms with Gasteiger partial charge in [0.15, 0.2) is 5.82 Å². The third-order valence-corrected chi connectivity index (χ3v) is 4.66. The van der Waals surface area contributed by atoms with Gasteiger partial charge in [0, 0.05) is 11.3 Å². The minimum atomic E-state index is 0.315. The molecule has 2 aromatic rings. The van der Waals surface area contributed by atoms with E-state index in [0.717, 1.165) is 17.1 Å². The fourth-order valence-corrected chi connectivity index (χ4v) is 3.33. The van der Waals surface area contributed by atoms with Crippen LogP contribution in [0.4, 0.5) is 5.69 Å². The largest absolute Gasteiger partial charge is 0.398 e. The summed E-state index contributed by atoms with van der Waals surface area (Å²) in [5.74, 6) is 1.45. The first-order valence-electron chi connectivity index (χ1n) is 7.81. The Morgan fingerprint density at radius 2 is 2.00 bits per heavy atom. The number of hydrogen-bond acceptors (Lipinski definition) is 4. The Morgan fingerprint density at radius 3 is 2.76 bits per heavy atom. The van der Waals surface area contributed by atoms with Crippen LogP contribution in [0.3, 0.4) is 0 Å². The van der Waals surface area contributed by atoms with Crippen molar-refractivity contribution in [3.05, 3.63) is 23.8 Å². The van der Waals surface area contributed by atoms with Crippen molar-refractivity contribution in [2.75, 3.05) is 5.73 Å². The fourth-order valence-electron chi connectivity index (χ4n) is 3.33. The van der Waals surface area contributed by atoms with Crippen molar-refractivity contribution in [3.63, 3.8) is 0 Å². The second-order valence-electron chi connectivity index (χ2n) is 6.18. The summed E-state index contributed by atoms with van der Waals surface area (Å²) in [4.78, 5) is 0. The van der Waals surface area contributed by atoms with Gasteiger partial charge in [-0.25, -0.2) is 4.68 Å². The molecular formula is C16H23N5. The SMILES string of the molecule is Cc1ccc(N)c(-c2nnnn2C(C)C2CCCCC2)c1. The zero-order valence-electron chi connectivity index (χ0n) is 12.8. The van der Waals surface area contributed by atoms with E-state index in [1.165, 1.54) is 37.7 Å². The van der Waals surface area contributed by atoms with Gasteiger partial charge in [0.25, 0.3) is 0 Å². The van der Waals surface area contributed by atoms with Gasteiger partial charge in [-0.15, -0.1) is 5.10 Å². The number of nitrogens with two attached hydrogens (primary N) is 1. The number of nitrogen functional groups attached to an aromatic ring is 1. The summed E-state index contributed by atoms with van der Waals surface area (Å²) >= 11 is 0. The molecule has 1 heterocycles. The van der Waals surface area contributed by atoms with E-state index in [1.807, 2.05) is 16.8 Å². The van der Waals surface area contributed by atoms with Crippen LogP contribution < -0.4 is 5.73 Å². The van der Waals surface area contributed by atoms with Crippen molar-refractivity contribution in [1.82, 2.24) is 20.2 Å². The van der Waals surface area contributed by atoms with Crippen LogP contribution in [0.5, 0.6) is 0 Å². The van der Waals surface area contributed by atoms with Crippen molar-refractivity contribution in [3.8, 4) is 11.4 Å². The molecule has 0 bridgehead atoms. The van der Waals surface area contributed by atoms with E-state index in [0.29, 0.717) is 12.0 Å². The van der Waals surface area contributed by atoms with Crippen LogP contribution in [0.25, 0.3) is 11.4 Å². The number of benzene rings is 1. The highest BCUT2D eigenvalue weighted by Gasteiger charge is 2.25. The molecule has 5 heteroatoms. The molecule has 0 radical (unpaired) electrons. The Balaban J connectivity index is 1.94. The third kappa shape index (κ3) is 2.77. The van der Waals surface area contributed by atoms with Gasteiger partial charge in [-0.1, -0.05) is 30.9 Å². The Labute approximate surface area is 125 Å². The van der Waals surface area contributed by atoms with Gasteiger partial charge in [0.05, 0.1) is 6.04 Å². The number of nitrogens with zero attached hydrogens (tertiary/aromatic N) is 4. The number of aryl methyl sites for hydroxylation is 1. The van der Waals surface area contributed by atoms with Gasteiger partial charge in [-0.3, -0.25) is 0 Å². The van der Waals surface area contributed by atoms with E-state index in [2.05, 4.69) is 35.4 Å². The third-order valence-electron chi connectivity index (χ3n) is 4.66. The lowest BCUT2D eigenvalue weighted by atomic mass is 9.84. The maximum atomic E-state index is 6.12. The summed E-state index contributed by atoms with van der Waals surface area (Å²) in [5.41, 5.74) is 8.95. The topological polar surface area (TPSA) is 69.6 Å². The summed E-state index contributed by atoms with van der Waals surface area (Å²) in [5, 5.41) is 12.4. The smallest absolute Gasteiger partial charge is 0.184 e. The molecule has 0 aliphatic heterocycles. The van der Waals surface area contributed by atoms with E-state index in [1.54, 1.807) is 0 Å². The van der Waals surface area contributed by atoms with Crippen LogP contribution in [0.2, 0.25) is 0 Å². The molecule has 3 rings (SSSR count). The van der Waals surface area contributed by atoms with E-state index in [4.69, 9.17) is 5.73 Å². The van der Waals surface area contributed by atoms with E-state index in [9.17, 15) is 0 Å². The number of anilines is 1. The maximum Gasteiger partial charge on any atom is 0.184 e. The van der Waals surface area contributed by atoms with Crippen LogP contribution in [0.1, 0.15) is 50.6 Å². The molecular weight excluding hydrogens is 262 g/mol. The minimum absolute atomic E-state index is 0.315. The molecule has 2 N–H and O–H groups in total. The number of aromatic nitrogens is 4. The molecule has 1 aromatic carbocycles. The molecule has 0 spiro atoms. The first kappa shape index (κ1) is 14.0. The zero-order valence-corrected chi connectivity index (χ0v) is 12.8. The Kier molecular flexibility index (Phi) is 3.90. The summed E-state index contributed by atoms with van der Waals surface area (Å²) in [7, 11) is 0. The maximum absolute atomic E-state index is 6.12. The fraction of sp³-hybridized carbons (Fsp3) is 0.562. The molecule has 1 saturated carbocycles. The van der Waals surface area contributed by atoms with Crippen molar-refractivity contribution >= 4 is 5.69 Å². The number of tetrazole rings is 1. The molecule has 0 amide bonds. The van der Waals surface area contributed by atoms with Gasteiger partial charge in [0.2, 0.25) is 0 Å². The molecule has 112 valence electrons. The molecule has 0 saturated heterocycles. The average Bonchev–Trinajstić information content (AvgIpc) is 2.99. The first-order valence-corrected chi connectivity index (χ1v) is 7.81. The average molecular weight is 285 g/mol. The predicted octanol–water partition coefficient (Wildman–Crippen LogP) is 3.37. The molecule has 1 atom stereocenters. The zero-order chi connectivity index (χ0) is 14.8. The molecule has 1 aliphatic rings. The van der Waals surface area contributed by atoms with Crippen LogP contribution in [0.15, 0.2) is 18.2 Å². The van der Waals surface area contributed by atoms with Crippen LogP contribution in [0, 0.1) is 12.8 Å². The minimum Gasteiger partial charge on any atom is -0.398 e. The lowest BCUT2D eigenvalue weighted by Gasteiger charge is -2.28. The van der Waals surface area contributed by atoms with Crippen LogP contribution >= 0.6 is 0 Å². The first-order chi connectivity index (χ1) is 10.2. The monoisotopic (exact) mass is 285 g/mol. The number of rotatable bonds is 3. The summed E-state index contributed by atoms with van der Waals surface area (Å²) in [6, 6.07) is 6.31. The molecule has 5 nitrogen and oxygen atoms in total. The second kappa shape index (κ2) is 5.84. The molecule has 21 heavy (non-hydrogen) atoms. The van der Waals surface area contributed by atoms with Crippen LogP contribution in [-0.4, -0.2) is 20.2 Å². The lowest BCUT2D eigenvalue weighted by Crippen LogP contribution is -2.21. The highest BCUT2D eigenvalue weighted by molar-refractivity contribution is 5.72. The van der Waals surface area contributed by atoms with Gasteiger partial charge in [0.1, 0.15) is 0 Å². The van der Waals surface area contributed by atoms with Crippen molar-refractivity contribution in [2.45, 2.75) is 52.0 Å². The number of hydrogen-bond donors (Lipinski definition) is 1. The standard InChI is InChI=1S/C16H23N5/c1-11-8-9-15(17)14(10-11)16-18-19-20-21(16)12(2)13-6-4-3-5-7-13/h8-10,12-13H,3-7,17H2,1-2H3. The van der Waals surface area contributed by atoms with Crippen LogP contribution in [-0.2, 0) is 0 Å². The van der Waals surface area contributed by atoms with Crippen molar-refractivity contribution in [2.24, 2.45) is 5.92 Å². The molecule has 1 unspecified atom stereocenters. The van der Waals surface area contributed by atoms with Gasteiger partial charge in [-0.05, 0) is 55.2 Å². The van der Waals surface area contributed by atoms with E-state index < -0.39 is 0 Å². The highest BCUT2D eigenvalue weighted by atomic mass is 15.5. The summed E-state index contributed by atoms with van der Waals surface area (Å²) < 4.78 is 1.96. The molecule has 1 aromatic heterocycles. The predicted molar refractivity (Wildman–Crippen MR) is 83.7 cm³/mol. The highest BCUT2D eigenvalue weighted by Crippen LogP contribution is 2.35. The van der Waals surface area contributed by atoms with Gasteiger partial charge in [-0.2, -0.15) is 0 Å².